The summed E-state index contributed by atoms with van der Waals surface area (Å²) in [5, 5.41) is 3.48. The Hall–Kier alpha value is -3.66. The fourth-order valence-electron chi connectivity index (χ4n) is 4.74. The van der Waals surface area contributed by atoms with Gasteiger partial charge in [-0.15, -0.1) is 0 Å². The molecule has 2 heterocycles. The van der Waals surface area contributed by atoms with Crippen molar-refractivity contribution in [3.05, 3.63) is 107 Å². The number of carbonyl (C=O) groups excluding carboxylic acids is 1. The molecule has 4 aromatic rings. The van der Waals surface area contributed by atoms with Crippen LogP contribution in [0.3, 0.4) is 0 Å². The number of amides is 1. The Kier molecular flexibility index (Phi) is 7.35. The van der Waals surface area contributed by atoms with E-state index in [9.17, 15) is 13.2 Å². The van der Waals surface area contributed by atoms with E-state index < -0.39 is 22.0 Å². The summed E-state index contributed by atoms with van der Waals surface area (Å²) in [6, 6.07) is 26.8. The molecule has 0 saturated heterocycles. The number of halogens is 1. The summed E-state index contributed by atoms with van der Waals surface area (Å²) in [5.74, 6) is 0.863. The molecular weight excluding hydrogens is 568 g/mol. The number of para-hydroxylation sites is 3. The molecular formula is C30H25ClN2O5S2. The van der Waals surface area contributed by atoms with Crippen LogP contribution in [0.15, 0.2) is 106 Å². The molecule has 204 valence electrons. The van der Waals surface area contributed by atoms with Gasteiger partial charge in [0.15, 0.2) is 11.5 Å². The molecule has 1 amide bonds. The van der Waals surface area contributed by atoms with Gasteiger partial charge in [-0.05, 0) is 66.6 Å². The number of hydrogen-bond acceptors (Lipinski definition) is 6. The van der Waals surface area contributed by atoms with E-state index >= 15 is 0 Å². The monoisotopic (exact) mass is 592 g/mol. The molecule has 4 aromatic carbocycles. The zero-order chi connectivity index (χ0) is 27.7. The maximum atomic E-state index is 13.7. The number of carbonyl (C=O) groups is 1. The average molecular weight is 593 g/mol. The van der Waals surface area contributed by atoms with Gasteiger partial charge in [0, 0.05) is 21.4 Å². The molecule has 0 saturated carbocycles. The minimum atomic E-state index is -3.90. The lowest BCUT2D eigenvalue weighted by Crippen LogP contribution is -2.41. The minimum Gasteiger partial charge on any atom is -0.486 e. The highest BCUT2D eigenvalue weighted by Crippen LogP contribution is 2.37. The maximum absolute atomic E-state index is 13.7. The van der Waals surface area contributed by atoms with Gasteiger partial charge in [-0.3, -0.25) is 9.10 Å². The Balaban J connectivity index is 1.28. The van der Waals surface area contributed by atoms with Gasteiger partial charge >= 0.3 is 0 Å². The molecule has 2 aliphatic heterocycles. The zero-order valence-electron chi connectivity index (χ0n) is 21.2. The number of fused-ring (bicyclic) bond motifs is 2. The largest absolute Gasteiger partial charge is 0.486 e. The van der Waals surface area contributed by atoms with Crippen LogP contribution in [0.1, 0.15) is 15.9 Å². The number of rotatable bonds is 7. The predicted octanol–water partition coefficient (Wildman–Crippen LogP) is 5.81. The van der Waals surface area contributed by atoms with Crippen molar-refractivity contribution in [3.63, 3.8) is 0 Å². The Labute approximate surface area is 242 Å². The van der Waals surface area contributed by atoms with E-state index in [1.807, 2.05) is 54.6 Å². The first kappa shape index (κ1) is 26.6. The van der Waals surface area contributed by atoms with Crippen molar-refractivity contribution in [3.8, 4) is 11.5 Å². The number of nitrogens with zero attached hydrogens (tertiary/aromatic N) is 1. The molecule has 40 heavy (non-hydrogen) atoms. The summed E-state index contributed by atoms with van der Waals surface area (Å²) < 4.78 is 40.6. The van der Waals surface area contributed by atoms with Crippen LogP contribution in [0.25, 0.3) is 0 Å². The smallest absolute Gasteiger partial charge is 0.264 e. The van der Waals surface area contributed by atoms with E-state index in [4.69, 9.17) is 21.1 Å². The molecule has 0 bridgehead atoms. The molecule has 1 atom stereocenters. The van der Waals surface area contributed by atoms with Gasteiger partial charge in [-0.1, -0.05) is 59.8 Å². The van der Waals surface area contributed by atoms with E-state index in [0.29, 0.717) is 40.1 Å². The van der Waals surface area contributed by atoms with Crippen LogP contribution in [0.4, 0.5) is 5.69 Å². The second kappa shape index (κ2) is 11.1. The average Bonchev–Trinajstić information content (AvgIpc) is 3.41. The Morgan fingerprint density at radius 1 is 0.975 bits per heavy atom. The molecule has 0 fully saturated rings. The minimum absolute atomic E-state index is 0.0518. The van der Waals surface area contributed by atoms with Crippen LogP contribution < -0.4 is 19.1 Å². The highest BCUT2D eigenvalue weighted by atomic mass is 35.5. The quantitative estimate of drug-likeness (QED) is 0.291. The lowest BCUT2D eigenvalue weighted by atomic mass is 10.2. The normalized spacial score (nSPS) is 15.9. The van der Waals surface area contributed by atoms with Gasteiger partial charge in [-0.2, -0.15) is 0 Å². The van der Waals surface area contributed by atoms with Crippen LogP contribution >= 0.6 is 23.4 Å². The second-order valence-corrected chi connectivity index (χ2v) is 12.8. The number of hydrogen-bond donors (Lipinski definition) is 1. The number of nitrogens with one attached hydrogen (secondary N) is 1. The SMILES string of the molecule is O=C(NC[C@@H]1COc2ccccc2O1)c1cc(S(=O)(=O)N2CCc3ccccc32)ccc1Sc1cccc(Cl)c1. The molecule has 6 rings (SSSR count). The fraction of sp³-hybridized carbons (Fsp3) is 0.167. The van der Waals surface area contributed by atoms with Crippen molar-refractivity contribution < 1.29 is 22.7 Å². The molecule has 0 radical (unpaired) electrons. The van der Waals surface area contributed by atoms with E-state index in [1.54, 1.807) is 30.3 Å². The van der Waals surface area contributed by atoms with Crippen LogP contribution in [-0.4, -0.2) is 40.1 Å². The lowest BCUT2D eigenvalue weighted by molar-refractivity contribution is 0.0787. The first-order chi connectivity index (χ1) is 19.4. The molecule has 10 heteroatoms. The van der Waals surface area contributed by atoms with E-state index in [2.05, 4.69) is 5.32 Å². The molecule has 0 aliphatic carbocycles. The second-order valence-electron chi connectivity index (χ2n) is 9.38. The van der Waals surface area contributed by atoms with Crippen molar-refractivity contribution in [1.82, 2.24) is 5.32 Å². The van der Waals surface area contributed by atoms with Gasteiger partial charge < -0.3 is 14.8 Å². The third kappa shape index (κ3) is 5.37. The third-order valence-electron chi connectivity index (χ3n) is 6.71. The van der Waals surface area contributed by atoms with Crippen LogP contribution in [0, 0.1) is 0 Å². The first-order valence-electron chi connectivity index (χ1n) is 12.7. The van der Waals surface area contributed by atoms with Crippen LogP contribution in [0.2, 0.25) is 5.02 Å². The van der Waals surface area contributed by atoms with Crippen molar-refractivity contribution in [2.24, 2.45) is 0 Å². The topological polar surface area (TPSA) is 84.9 Å². The van der Waals surface area contributed by atoms with Gasteiger partial charge in [-0.25, -0.2) is 8.42 Å². The van der Waals surface area contributed by atoms with Crippen LogP contribution in [0.5, 0.6) is 11.5 Å². The van der Waals surface area contributed by atoms with E-state index in [1.165, 1.54) is 22.1 Å². The number of benzene rings is 4. The molecule has 7 nitrogen and oxygen atoms in total. The standard InChI is InChI=1S/C30H25ClN2O5S2/c31-21-7-5-8-23(16-21)39-29-13-12-24(40(35,36)33-15-14-20-6-1-2-9-26(20)33)17-25(29)30(34)32-18-22-19-37-27-10-3-4-11-28(27)38-22/h1-13,16-17,22H,14-15,18-19H2,(H,32,34)/t22-/m1/s1. The summed E-state index contributed by atoms with van der Waals surface area (Å²) in [6.07, 6.45) is 0.244. The molecule has 0 unspecified atom stereocenters. The predicted molar refractivity (Wildman–Crippen MR) is 155 cm³/mol. The Morgan fingerprint density at radius 3 is 2.62 bits per heavy atom. The van der Waals surface area contributed by atoms with Crippen LogP contribution in [-0.2, 0) is 16.4 Å². The van der Waals surface area contributed by atoms with Crippen molar-refractivity contribution in [2.45, 2.75) is 27.2 Å². The number of anilines is 1. The summed E-state index contributed by atoms with van der Waals surface area (Å²) in [5.41, 5.74) is 1.89. The van der Waals surface area contributed by atoms with Crippen molar-refractivity contribution in [2.75, 3.05) is 24.0 Å². The van der Waals surface area contributed by atoms with Crippen molar-refractivity contribution >= 4 is 45.0 Å². The number of sulfonamides is 1. The number of ether oxygens (including phenoxy) is 2. The van der Waals surface area contributed by atoms with Crippen molar-refractivity contribution in [1.29, 1.82) is 0 Å². The zero-order valence-corrected chi connectivity index (χ0v) is 23.6. The lowest BCUT2D eigenvalue weighted by Gasteiger charge is -2.26. The molecule has 0 spiro atoms. The highest BCUT2D eigenvalue weighted by molar-refractivity contribution is 7.99. The summed E-state index contributed by atoms with van der Waals surface area (Å²) in [4.78, 5) is 15.0. The van der Waals surface area contributed by atoms with E-state index in [-0.39, 0.29) is 23.6 Å². The van der Waals surface area contributed by atoms with Gasteiger partial charge in [0.05, 0.1) is 22.7 Å². The highest BCUT2D eigenvalue weighted by Gasteiger charge is 2.32. The molecule has 0 aromatic heterocycles. The van der Waals surface area contributed by atoms with Gasteiger partial charge in [0.1, 0.15) is 12.7 Å². The van der Waals surface area contributed by atoms with Gasteiger partial charge in [0.2, 0.25) is 0 Å². The van der Waals surface area contributed by atoms with Gasteiger partial charge in [0.25, 0.3) is 15.9 Å². The fourth-order valence-corrected chi connectivity index (χ4v) is 7.51. The summed E-state index contributed by atoms with van der Waals surface area (Å²) in [7, 11) is -3.90. The van der Waals surface area contributed by atoms with E-state index in [0.717, 1.165) is 10.5 Å². The Morgan fingerprint density at radius 2 is 1.77 bits per heavy atom. The molecule has 2 aliphatic rings. The Bertz CT molecular complexity index is 1700. The third-order valence-corrected chi connectivity index (χ3v) is 9.82. The maximum Gasteiger partial charge on any atom is 0.264 e. The summed E-state index contributed by atoms with van der Waals surface area (Å²) in [6.45, 7) is 0.817. The summed E-state index contributed by atoms with van der Waals surface area (Å²) >= 11 is 7.52. The first-order valence-corrected chi connectivity index (χ1v) is 15.4. The molecule has 1 N–H and O–H groups in total.